The third kappa shape index (κ3) is 6.05. The number of nitrogens with zero attached hydrogens (tertiary/aromatic N) is 6. The maximum atomic E-state index is 14.0. The molecule has 0 radical (unpaired) electrons. The van der Waals surface area contributed by atoms with Gasteiger partial charge in [0.1, 0.15) is 21.8 Å². The van der Waals surface area contributed by atoms with Crippen LogP contribution in [-0.4, -0.2) is 34.1 Å². The number of hydrogen-bond acceptors (Lipinski definition) is 14. The average molecular weight is 652 g/mol. The SMILES string of the molecule is N#CC1=C(c2ccccc2)/C(=N\Nc2ccc(N=Nc3ccc(SOO[O-])cc3)cc2S(=O)(=O)[O-])C(=O)n2c1nc1ccccc12. The second-order valence-electron chi connectivity index (χ2n) is 9.41. The quantitative estimate of drug-likeness (QED) is 0.0725. The first-order valence-electron chi connectivity index (χ1n) is 13.1. The van der Waals surface area contributed by atoms with E-state index in [1.807, 2.05) is 0 Å². The number of hydrogen-bond donors (Lipinski definition) is 1. The Hall–Kier alpha value is -5.54. The van der Waals surface area contributed by atoms with Crippen LogP contribution in [-0.2, 0) is 19.5 Å². The second-order valence-corrected chi connectivity index (χ2v) is 11.5. The molecule has 2 heterocycles. The van der Waals surface area contributed by atoms with E-state index < -0.39 is 20.9 Å². The highest BCUT2D eigenvalue weighted by molar-refractivity contribution is 7.94. The molecule has 0 bridgehead atoms. The zero-order valence-corrected chi connectivity index (χ0v) is 24.7. The van der Waals surface area contributed by atoms with Crippen molar-refractivity contribution in [2.24, 2.45) is 15.3 Å². The van der Waals surface area contributed by atoms with Crippen LogP contribution in [0.3, 0.4) is 0 Å². The van der Waals surface area contributed by atoms with E-state index >= 15 is 0 Å². The van der Waals surface area contributed by atoms with Crippen LogP contribution in [0.4, 0.5) is 17.1 Å². The maximum Gasteiger partial charge on any atom is 0.285 e. The van der Waals surface area contributed by atoms with Crippen molar-refractivity contribution in [3.05, 3.63) is 108 Å². The number of para-hydroxylation sites is 2. The number of azo groups is 1. The largest absolute Gasteiger partial charge is 0.744 e. The normalized spacial score (nSPS) is 14.2. The Kier molecular flexibility index (Phi) is 8.50. The number of anilines is 1. The number of aromatic nitrogens is 2. The molecular formula is C30H17N7O7S2-2. The van der Waals surface area contributed by atoms with Crippen LogP contribution in [0.15, 0.2) is 122 Å². The topological polar surface area (TPSA) is 207 Å². The molecule has 6 rings (SSSR count). The van der Waals surface area contributed by atoms with Crippen molar-refractivity contribution in [3.63, 3.8) is 0 Å². The molecule has 1 N–H and O–H groups in total. The third-order valence-corrected chi connectivity index (χ3v) is 8.11. The molecule has 0 aliphatic carbocycles. The van der Waals surface area contributed by atoms with E-state index in [9.17, 15) is 28.3 Å². The molecule has 4 aromatic carbocycles. The van der Waals surface area contributed by atoms with Gasteiger partial charge >= 0.3 is 0 Å². The van der Waals surface area contributed by atoms with Gasteiger partial charge in [-0.3, -0.25) is 19.8 Å². The molecule has 14 nitrogen and oxygen atoms in total. The molecule has 0 atom stereocenters. The molecular weight excluding hydrogens is 635 g/mol. The van der Waals surface area contributed by atoms with E-state index in [-0.39, 0.29) is 34.1 Å². The molecule has 0 unspecified atom stereocenters. The van der Waals surface area contributed by atoms with Gasteiger partial charge in [-0.1, -0.05) is 42.5 Å². The monoisotopic (exact) mass is 651 g/mol. The molecule has 46 heavy (non-hydrogen) atoms. The molecule has 228 valence electrons. The van der Waals surface area contributed by atoms with Gasteiger partial charge in [0.15, 0.2) is 11.5 Å². The summed E-state index contributed by atoms with van der Waals surface area (Å²) in [5.74, 6) is -0.482. The first-order chi connectivity index (χ1) is 22.3. The van der Waals surface area contributed by atoms with Crippen LogP contribution >= 0.6 is 12.0 Å². The van der Waals surface area contributed by atoms with Gasteiger partial charge < -0.3 is 9.81 Å². The Balaban J connectivity index is 1.39. The number of carbonyl (C=O) groups excluding carboxylic acids is 1. The van der Waals surface area contributed by atoms with E-state index in [1.54, 1.807) is 78.9 Å². The average Bonchev–Trinajstić information content (AvgIpc) is 3.46. The molecule has 0 saturated heterocycles. The highest BCUT2D eigenvalue weighted by Gasteiger charge is 2.35. The number of carbonyl (C=O) groups is 1. The highest BCUT2D eigenvalue weighted by Crippen LogP contribution is 2.35. The van der Waals surface area contributed by atoms with Crippen molar-refractivity contribution in [2.75, 3.05) is 5.43 Å². The van der Waals surface area contributed by atoms with Crippen LogP contribution < -0.4 is 10.7 Å². The fourth-order valence-corrected chi connectivity index (χ4v) is 5.67. The first-order valence-corrected chi connectivity index (χ1v) is 15.2. The zero-order valence-electron chi connectivity index (χ0n) is 23.1. The van der Waals surface area contributed by atoms with Crippen LogP contribution in [0.25, 0.3) is 22.2 Å². The van der Waals surface area contributed by atoms with E-state index in [2.05, 4.69) is 41.2 Å². The van der Waals surface area contributed by atoms with Gasteiger partial charge in [-0.05, 0) is 60.2 Å². The maximum absolute atomic E-state index is 14.0. The zero-order chi connectivity index (χ0) is 32.3. The number of imidazole rings is 1. The summed E-state index contributed by atoms with van der Waals surface area (Å²) < 4.78 is 42.4. The number of nitrogens with one attached hydrogen (secondary N) is 1. The Morgan fingerprint density at radius 1 is 0.935 bits per heavy atom. The van der Waals surface area contributed by atoms with Gasteiger partial charge in [0.2, 0.25) is 0 Å². The number of benzene rings is 4. The molecule has 0 saturated carbocycles. The lowest BCUT2D eigenvalue weighted by Gasteiger charge is -2.20. The van der Waals surface area contributed by atoms with E-state index in [1.165, 1.54) is 16.7 Å². The molecule has 0 amide bonds. The summed E-state index contributed by atoms with van der Waals surface area (Å²) in [6.45, 7) is 0. The minimum atomic E-state index is -5.07. The van der Waals surface area contributed by atoms with Gasteiger partial charge in [-0.25, -0.2) is 13.4 Å². The van der Waals surface area contributed by atoms with Crippen LogP contribution in [0.1, 0.15) is 16.2 Å². The number of hydrazone groups is 1. The summed E-state index contributed by atoms with van der Waals surface area (Å²) in [7, 11) is -5.07. The van der Waals surface area contributed by atoms with Crippen LogP contribution in [0.5, 0.6) is 0 Å². The fourth-order valence-electron chi connectivity index (χ4n) is 4.66. The number of nitriles is 1. The van der Waals surface area contributed by atoms with E-state index in [4.69, 9.17) is 0 Å². The lowest BCUT2D eigenvalue weighted by Crippen LogP contribution is -2.30. The molecule has 0 spiro atoms. The highest BCUT2D eigenvalue weighted by atomic mass is 32.2. The van der Waals surface area contributed by atoms with Crippen molar-refractivity contribution in [1.29, 1.82) is 5.26 Å². The van der Waals surface area contributed by atoms with Crippen molar-refractivity contribution in [2.45, 2.75) is 9.79 Å². The lowest BCUT2D eigenvalue weighted by atomic mass is 9.92. The molecule has 1 aliphatic heterocycles. The summed E-state index contributed by atoms with van der Waals surface area (Å²) in [4.78, 5) is 18.3. The minimum Gasteiger partial charge on any atom is -0.744 e. The van der Waals surface area contributed by atoms with Gasteiger partial charge in [-0.15, -0.1) is 0 Å². The smallest absolute Gasteiger partial charge is 0.285 e. The summed E-state index contributed by atoms with van der Waals surface area (Å²) in [5, 5.41) is 35.8. The van der Waals surface area contributed by atoms with Crippen LogP contribution in [0.2, 0.25) is 0 Å². The summed E-state index contributed by atoms with van der Waals surface area (Å²) in [6, 6.07) is 27.6. The van der Waals surface area contributed by atoms with E-state index in [0.717, 1.165) is 6.07 Å². The first kappa shape index (κ1) is 30.5. The van der Waals surface area contributed by atoms with Crippen molar-refractivity contribution >= 4 is 73.0 Å². The Morgan fingerprint density at radius 3 is 2.35 bits per heavy atom. The van der Waals surface area contributed by atoms with Gasteiger partial charge in [0, 0.05) is 10.5 Å². The minimum absolute atomic E-state index is 0.0362. The number of fused-ring (bicyclic) bond motifs is 3. The van der Waals surface area contributed by atoms with Crippen LogP contribution in [0, 0.1) is 11.3 Å². The van der Waals surface area contributed by atoms with Gasteiger partial charge in [0.05, 0.1) is 45.0 Å². The molecule has 1 aromatic heterocycles. The molecule has 16 heteroatoms. The predicted molar refractivity (Wildman–Crippen MR) is 163 cm³/mol. The lowest BCUT2D eigenvalue weighted by molar-refractivity contribution is -0.777. The van der Waals surface area contributed by atoms with Gasteiger partial charge in [0.25, 0.3) is 5.91 Å². The van der Waals surface area contributed by atoms with Crippen molar-refractivity contribution < 1.29 is 32.4 Å². The Bertz CT molecular complexity index is 2230. The Morgan fingerprint density at radius 2 is 1.63 bits per heavy atom. The predicted octanol–water partition coefficient (Wildman–Crippen LogP) is 5.14. The summed E-state index contributed by atoms with van der Waals surface area (Å²) in [6.07, 6.45) is 0. The molecule has 5 aromatic rings. The van der Waals surface area contributed by atoms with Crippen molar-refractivity contribution in [1.82, 2.24) is 9.55 Å². The van der Waals surface area contributed by atoms with Crippen molar-refractivity contribution in [3.8, 4) is 6.07 Å². The van der Waals surface area contributed by atoms with E-state index in [0.29, 0.717) is 39.2 Å². The van der Waals surface area contributed by atoms with Gasteiger partial charge in [-0.2, -0.15) is 24.9 Å². The number of allylic oxidation sites excluding steroid dienone is 2. The fraction of sp³-hybridized carbons (Fsp3) is 0. The third-order valence-electron chi connectivity index (χ3n) is 6.65. The molecule has 0 fully saturated rings. The standard InChI is InChI=1S/C30H19N7O7S2/c31-17-22-27(18-6-2-1-3-7-18)28(30(38)37-25-9-5-4-8-23(25)32-29(22)37)36-35-24-15-12-20(16-26(24)46(40,41)42)34-33-19-10-13-21(14-11-19)45-44-43-39/h1-16,35,39H,(H,40,41,42)/p-2/b34-33?,36-28+. The number of rotatable bonds is 9. The summed E-state index contributed by atoms with van der Waals surface area (Å²) >= 11 is 0.692. The summed E-state index contributed by atoms with van der Waals surface area (Å²) in [5.41, 5.74) is 4.22. The molecule has 1 aliphatic rings. The second kappa shape index (κ2) is 12.8. The Labute approximate surface area is 264 Å².